The maximum absolute atomic E-state index is 4.24. The van der Waals surface area contributed by atoms with Gasteiger partial charge in [-0.25, -0.2) is 44.9 Å². The zero-order valence-corrected chi connectivity index (χ0v) is 79.5. The Balaban J connectivity index is -0.000000139. The van der Waals surface area contributed by atoms with E-state index in [4.69, 9.17) is 0 Å². The van der Waals surface area contributed by atoms with Gasteiger partial charge in [0.05, 0.1) is 53.9 Å². The maximum atomic E-state index is 4.24. The molecule has 4 aromatic carbocycles. The summed E-state index contributed by atoms with van der Waals surface area (Å²) in [5.74, 6) is 0. The first-order valence-corrected chi connectivity index (χ1v) is 42.6. The molecule has 0 atom stereocenters. The predicted octanol–water partition coefficient (Wildman–Crippen LogP) is 23.3. The lowest BCUT2D eigenvalue weighted by molar-refractivity contribution is 0.865. The molecule has 2 N–H and O–H groups in total. The van der Waals surface area contributed by atoms with Crippen molar-refractivity contribution < 1.29 is 0 Å². The van der Waals surface area contributed by atoms with E-state index in [0.717, 1.165) is 34.7 Å². The molecule has 2 aliphatic heterocycles. The van der Waals surface area contributed by atoms with E-state index < -0.39 is 0 Å². The van der Waals surface area contributed by atoms with E-state index in [1.54, 1.807) is 118 Å². The molecular weight excluding hydrogens is 1550 g/mol. The zero-order valence-electron chi connectivity index (χ0n) is 79.5. The topological polar surface area (TPSA) is 366 Å². The molecule has 12 aromatic heterocycles. The minimum Gasteiger partial charge on any atom is -0.281 e. The number of hydrogen-bond acceptors (Lipinski definition) is 26. The van der Waals surface area contributed by atoms with Crippen LogP contribution in [0.15, 0.2) is 355 Å². The normalized spacial score (nSPS) is 8.16. The Kier molecular flexibility index (Phi) is 139. The fourth-order valence-electron chi connectivity index (χ4n) is 6.34. The number of pyridine rings is 3. The molecule has 672 valence electrons. The Morgan fingerprint density at radius 2 is 0.694 bits per heavy atom. The number of nitrogens with zero attached hydrogens (tertiary/aromatic N) is 26. The number of benzene rings is 4. The van der Waals surface area contributed by atoms with Gasteiger partial charge in [0.25, 0.3) is 0 Å². The highest BCUT2D eigenvalue weighted by molar-refractivity contribution is 5.81. The monoisotopic (exact) mass is 1690 g/mol. The number of rotatable bonds is 0. The SMILES string of the molecule is C1=CN=CC1.C1=c2ccccc2=NC1.CC.CC.CC.CC.CC.CC.CC.CC.CC.CC.CC.CC.CC.CC.c1ccc2cnccc2c1.c1ccc2ncccc2c1.c1ccc2ncncc2c1.c1ccncc1.c1ccnnc1.c1cn[nH]n1.c1cnccn1.c1cncnc1.c1cnncn1.c1cnnnc1.c1nc[nH]n1.c1ncncn1. The van der Waals surface area contributed by atoms with E-state index in [1.165, 1.54) is 71.9 Å². The lowest BCUT2D eigenvalue weighted by Gasteiger charge is -1.91. The number of para-hydroxylation sites is 3. The van der Waals surface area contributed by atoms with E-state index >= 15 is 0 Å². The second-order valence-corrected chi connectivity index (χ2v) is 17.0. The molecule has 18 rings (SSSR count). The van der Waals surface area contributed by atoms with Crippen LogP contribution in [0, 0.1) is 0 Å². The second-order valence-electron chi connectivity index (χ2n) is 17.0. The summed E-state index contributed by atoms with van der Waals surface area (Å²) < 4.78 is 0. The van der Waals surface area contributed by atoms with Crippen molar-refractivity contribution in [3.8, 4) is 0 Å². The first kappa shape index (κ1) is 131. The van der Waals surface area contributed by atoms with Gasteiger partial charge in [-0.2, -0.15) is 35.8 Å². The highest BCUT2D eigenvalue weighted by atomic mass is 15.3. The molecule has 0 saturated carbocycles. The van der Waals surface area contributed by atoms with Crippen molar-refractivity contribution in [3.63, 3.8) is 0 Å². The van der Waals surface area contributed by atoms with Gasteiger partial charge in [-0.05, 0) is 87.9 Å². The van der Waals surface area contributed by atoms with Crippen molar-refractivity contribution in [3.05, 3.63) is 355 Å². The Hall–Kier alpha value is -14.2. The highest BCUT2D eigenvalue weighted by Gasteiger charge is 1.91. The van der Waals surface area contributed by atoms with Crippen LogP contribution in [-0.4, -0.2) is 144 Å². The smallest absolute Gasteiger partial charge is 0.138 e. The third-order valence-corrected chi connectivity index (χ3v) is 10.4. The van der Waals surface area contributed by atoms with Crippen LogP contribution in [0.25, 0.3) is 38.7 Å². The van der Waals surface area contributed by atoms with Crippen LogP contribution in [-0.2, 0) is 0 Å². The summed E-state index contributed by atoms with van der Waals surface area (Å²) in [4.78, 5) is 60.6. The maximum Gasteiger partial charge on any atom is 0.138 e. The standard InChI is InChI=1S/2C9H7N.C8H6N2.C8H7N.C5H5N.3C4H4N2.C4H5N.3C3H3N3.2C2H3N3.14C2H6/c1-2-6-9-8(4-1)5-3-7-10-9;1-2-4-9-7-10-6-5-8(9)3-1;1-2-4-8-7(3-1)5-9-6-10-8;1-2-4-8-7(3-1)5-6-9-8;1-2-4-6-5-3-1;1-2-6-4-3-5-1;1-2-5-4-6-3-1;1-2-4-6-5-3-1;1-2-4-5-3-1;1-4-2-6-3-5-1;1-2-5-6-3-4-1;1-2-4-6-5-3-1;1-3-2-5-4-1;1-2-4-5-3-1;14*1-2/h2*1-7H;1-6H;1-5H,6H2;1-5H;3*1-4H;1,3-4H,2H2;3*1-3H;2*1-2H,(H,3,4,5);14*1-2H3. The molecule has 0 saturated heterocycles. The Bertz CT molecular complexity index is 3490. The molecule has 0 amide bonds. The Morgan fingerprint density at radius 3 is 1.02 bits per heavy atom. The minimum atomic E-state index is 0.860. The van der Waals surface area contributed by atoms with E-state index in [0.29, 0.717) is 0 Å². The average molecular weight is 1690 g/mol. The first-order valence-electron chi connectivity index (χ1n) is 42.6. The summed E-state index contributed by atoms with van der Waals surface area (Å²) in [6.45, 7) is 56.9. The van der Waals surface area contributed by atoms with Crippen molar-refractivity contribution in [1.82, 2.24) is 131 Å². The molecule has 0 fully saturated rings. The largest absolute Gasteiger partial charge is 0.281 e. The molecule has 0 aliphatic carbocycles. The molecular formula is C96H148N28. The molecule has 0 spiro atoms. The number of H-pyrrole nitrogens is 2. The van der Waals surface area contributed by atoms with Gasteiger partial charge in [0, 0.05) is 123 Å². The first-order chi connectivity index (χ1) is 61.9. The lowest BCUT2D eigenvalue weighted by Crippen LogP contribution is -2.19. The summed E-state index contributed by atoms with van der Waals surface area (Å²) >= 11 is 0. The molecule has 0 radical (unpaired) electrons. The van der Waals surface area contributed by atoms with Crippen LogP contribution in [0.4, 0.5) is 0 Å². The summed E-state index contributed by atoms with van der Waals surface area (Å²) in [6, 6.07) is 51.2. The number of nitrogens with one attached hydrogen (secondary N) is 2. The molecule has 124 heavy (non-hydrogen) atoms. The van der Waals surface area contributed by atoms with E-state index in [9.17, 15) is 0 Å². The van der Waals surface area contributed by atoms with Gasteiger partial charge in [-0.1, -0.05) is 297 Å². The van der Waals surface area contributed by atoms with Crippen molar-refractivity contribution in [2.24, 2.45) is 9.98 Å². The van der Waals surface area contributed by atoms with Gasteiger partial charge in [-0.15, -0.1) is 15.3 Å². The summed E-state index contributed by atoms with van der Waals surface area (Å²) in [5.41, 5.74) is 2.06. The molecule has 0 bridgehead atoms. The molecule has 28 heteroatoms. The number of allylic oxidation sites excluding steroid dienone is 1. The van der Waals surface area contributed by atoms with Crippen LogP contribution < -0.4 is 10.6 Å². The van der Waals surface area contributed by atoms with Crippen LogP contribution in [0.2, 0.25) is 0 Å². The summed E-state index contributed by atoms with van der Waals surface area (Å²) in [7, 11) is 0. The van der Waals surface area contributed by atoms with E-state index in [2.05, 4.69) is 178 Å². The van der Waals surface area contributed by atoms with E-state index in [-0.39, 0.29) is 0 Å². The van der Waals surface area contributed by atoms with Gasteiger partial charge in [0.1, 0.15) is 50.6 Å². The summed E-state index contributed by atoms with van der Waals surface area (Å²) in [5, 5.41) is 46.6. The zero-order chi connectivity index (χ0) is 94.8. The van der Waals surface area contributed by atoms with Crippen molar-refractivity contribution in [1.29, 1.82) is 0 Å². The van der Waals surface area contributed by atoms with Gasteiger partial charge in [0.2, 0.25) is 0 Å². The van der Waals surface area contributed by atoms with Crippen molar-refractivity contribution in [2.75, 3.05) is 6.54 Å². The molecule has 0 unspecified atom stereocenters. The number of fused-ring (bicyclic) bond motifs is 4. The third-order valence-electron chi connectivity index (χ3n) is 10.4. The molecule has 14 heterocycles. The van der Waals surface area contributed by atoms with Crippen molar-refractivity contribution in [2.45, 2.75) is 200 Å². The number of aromatic amines is 2. The molecule has 2 aliphatic rings. The number of aromatic nitrogens is 26. The van der Waals surface area contributed by atoms with Crippen LogP contribution in [0.1, 0.15) is 200 Å². The predicted molar refractivity (Wildman–Crippen MR) is 523 cm³/mol. The lowest BCUT2D eigenvalue weighted by atomic mass is 10.2. The van der Waals surface area contributed by atoms with Crippen LogP contribution >= 0.6 is 0 Å². The summed E-state index contributed by atoms with van der Waals surface area (Å²) in [6.07, 6.45) is 54.0. The third kappa shape index (κ3) is 95.0. The number of aliphatic imine (C=N–C) groups is 1. The average Bonchev–Trinajstić information content (AvgIpc) is 1.49. The molecule has 16 aromatic rings. The number of hydrogen-bond donors (Lipinski definition) is 2. The Morgan fingerprint density at radius 1 is 0.258 bits per heavy atom. The van der Waals surface area contributed by atoms with Crippen molar-refractivity contribution >= 4 is 44.9 Å². The second kappa shape index (κ2) is 132. The van der Waals surface area contributed by atoms with Crippen LogP contribution in [0.5, 0.6) is 0 Å². The van der Waals surface area contributed by atoms with Gasteiger partial charge < -0.3 is 0 Å². The minimum absolute atomic E-state index is 0.860. The Labute approximate surface area is 744 Å². The quantitative estimate of drug-likeness (QED) is 0.142. The highest BCUT2D eigenvalue weighted by Crippen LogP contribution is 2.10. The van der Waals surface area contributed by atoms with Gasteiger partial charge in [-0.3, -0.25) is 40.0 Å². The van der Waals surface area contributed by atoms with E-state index in [1.807, 2.05) is 346 Å². The fraction of sp³-hybridized carbons (Fsp3) is 0.312. The fourth-order valence-corrected chi connectivity index (χ4v) is 6.34. The van der Waals surface area contributed by atoms with Crippen LogP contribution in [0.3, 0.4) is 0 Å². The molecule has 28 nitrogen and oxygen atoms in total. The van der Waals surface area contributed by atoms with Gasteiger partial charge in [0.15, 0.2) is 0 Å². The van der Waals surface area contributed by atoms with Gasteiger partial charge >= 0.3 is 0 Å².